The van der Waals surface area contributed by atoms with Crippen LogP contribution in [0.25, 0.3) is 0 Å². The van der Waals surface area contributed by atoms with Crippen LogP contribution in [0, 0.1) is 17.3 Å². The summed E-state index contributed by atoms with van der Waals surface area (Å²) in [5, 5.41) is 10.8. The maximum atomic E-state index is 10.8. The number of aliphatic hydroxyl groups excluding tert-OH is 1. The number of hydrogen-bond donors (Lipinski definition) is 1. The average Bonchev–Trinajstić information content (AvgIpc) is 2.88. The summed E-state index contributed by atoms with van der Waals surface area (Å²) >= 11 is 0. The van der Waals surface area contributed by atoms with Gasteiger partial charge in [0.1, 0.15) is 0 Å². The smallest absolute Gasteiger partial charge is 0.0624 e. The molecule has 0 aliphatic heterocycles. The predicted octanol–water partition coefficient (Wildman–Crippen LogP) is 4.53. The van der Waals surface area contributed by atoms with Crippen LogP contribution in [0.3, 0.4) is 0 Å². The maximum Gasteiger partial charge on any atom is 0.0624 e. The van der Waals surface area contributed by atoms with Gasteiger partial charge in [-0.15, -0.1) is 0 Å². The van der Waals surface area contributed by atoms with Gasteiger partial charge in [0.15, 0.2) is 0 Å². The van der Waals surface area contributed by atoms with Gasteiger partial charge < -0.3 is 5.11 Å². The summed E-state index contributed by atoms with van der Waals surface area (Å²) in [6, 6.07) is 0. The quantitative estimate of drug-likeness (QED) is 0.762. The summed E-state index contributed by atoms with van der Waals surface area (Å²) in [5.41, 5.74) is 0.295. The van der Waals surface area contributed by atoms with Crippen LogP contribution in [0.2, 0.25) is 0 Å². The topological polar surface area (TPSA) is 20.2 Å². The van der Waals surface area contributed by atoms with Crippen LogP contribution < -0.4 is 0 Å². The van der Waals surface area contributed by atoms with E-state index in [4.69, 9.17) is 0 Å². The normalized spacial score (nSPS) is 34.8. The van der Waals surface area contributed by atoms with Crippen LogP contribution in [-0.4, -0.2) is 11.2 Å². The Morgan fingerprint density at radius 1 is 1.06 bits per heavy atom. The number of aliphatic hydroxyl groups is 1. The average molecular weight is 238 g/mol. The highest BCUT2D eigenvalue weighted by Gasteiger charge is 2.43. The van der Waals surface area contributed by atoms with Crippen molar-refractivity contribution < 1.29 is 5.11 Å². The SMILES string of the molecule is CCC1CCC(C(O)C2(CC)CCCC2)CC1. The second-order valence-corrected chi connectivity index (χ2v) is 6.56. The van der Waals surface area contributed by atoms with E-state index in [0.717, 1.165) is 5.92 Å². The van der Waals surface area contributed by atoms with E-state index in [9.17, 15) is 5.11 Å². The molecule has 1 heteroatoms. The monoisotopic (exact) mass is 238 g/mol. The molecule has 0 amide bonds. The molecule has 17 heavy (non-hydrogen) atoms. The molecule has 2 aliphatic rings. The Labute approximate surface area is 107 Å². The summed E-state index contributed by atoms with van der Waals surface area (Å²) < 4.78 is 0. The zero-order valence-corrected chi connectivity index (χ0v) is 11.8. The fourth-order valence-corrected chi connectivity index (χ4v) is 4.35. The van der Waals surface area contributed by atoms with Gasteiger partial charge in [0.05, 0.1) is 6.10 Å². The van der Waals surface area contributed by atoms with Gasteiger partial charge in [-0.25, -0.2) is 0 Å². The van der Waals surface area contributed by atoms with E-state index in [-0.39, 0.29) is 6.10 Å². The van der Waals surface area contributed by atoms with Crippen molar-refractivity contribution in [1.82, 2.24) is 0 Å². The van der Waals surface area contributed by atoms with Gasteiger partial charge in [0.2, 0.25) is 0 Å². The van der Waals surface area contributed by atoms with Crippen molar-refractivity contribution in [3.63, 3.8) is 0 Å². The molecule has 0 radical (unpaired) electrons. The lowest BCUT2D eigenvalue weighted by atomic mass is 9.68. The molecule has 0 aromatic heterocycles. The summed E-state index contributed by atoms with van der Waals surface area (Å²) in [6.07, 6.45) is 13.0. The third-order valence-corrected chi connectivity index (χ3v) is 5.85. The molecule has 0 aromatic carbocycles. The molecular weight excluding hydrogens is 208 g/mol. The fourth-order valence-electron chi connectivity index (χ4n) is 4.35. The second kappa shape index (κ2) is 5.73. The van der Waals surface area contributed by atoms with Crippen molar-refractivity contribution >= 4 is 0 Å². The molecule has 2 aliphatic carbocycles. The Morgan fingerprint density at radius 3 is 2.12 bits per heavy atom. The molecule has 1 atom stereocenters. The largest absolute Gasteiger partial charge is 0.392 e. The molecule has 0 bridgehead atoms. The zero-order chi connectivity index (χ0) is 12.3. The van der Waals surface area contributed by atoms with Crippen molar-refractivity contribution in [2.75, 3.05) is 0 Å². The summed E-state index contributed by atoms with van der Waals surface area (Å²) in [6.45, 7) is 4.60. The lowest BCUT2D eigenvalue weighted by Gasteiger charge is -2.41. The lowest BCUT2D eigenvalue weighted by Crippen LogP contribution is -2.39. The van der Waals surface area contributed by atoms with E-state index in [1.807, 2.05) is 0 Å². The van der Waals surface area contributed by atoms with Crippen LogP contribution in [0.15, 0.2) is 0 Å². The van der Waals surface area contributed by atoms with Crippen molar-refractivity contribution in [2.24, 2.45) is 17.3 Å². The Hall–Kier alpha value is -0.0400. The van der Waals surface area contributed by atoms with Crippen molar-refractivity contribution in [3.05, 3.63) is 0 Å². The molecule has 2 saturated carbocycles. The number of rotatable bonds is 4. The Balaban J connectivity index is 1.93. The van der Waals surface area contributed by atoms with Gasteiger partial charge >= 0.3 is 0 Å². The molecule has 1 nitrogen and oxygen atoms in total. The molecule has 1 unspecified atom stereocenters. The first kappa shape index (κ1) is 13.4. The van der Waals surface area contributed by atoms with Crippen LogP contribution in [0.4, 0.5) is 0 Å². The lowest BCUT2D eigenvalue weighted by molar-refractivity contribution is -0.0350. The first-order valence-electron chi connectivity index (χ1n) is 7.90. The van der Waals surface area contributed by atoms with Crippen LogP contribution in [0.1, 0.15) is 78.1 Å². The van der Waals surface area contributed by atoms with Crippen LogP contribution in [-0.2, 0) is 0 Å². The van der Waals surface area contributed by atoms with E-state index < -0.39 is 0 Å². The van der Waals surface area contributed by atoms with Crippen molar-refractivity contribution in [1.29, 1.82) is 0 Å². The molecule has 0 spiro atoms. The highest BCUT2D eigenvalue weighted by molar-refractivity contribution is 4.94. The Kier molecular flexibility index (Phi) is 4.52. The third kappa shape index (κ3) is 2.70. The van der Waals surface area contributed by atoms with Gasteiger partial charge in [0, 0.05) is 0 Å². The summed E-state index contributed by atoms with van der Waals surface area (Å²) in [4.78, 5) is 0. The van der Waals surface area contributed by atoms with Crippen molar-refractivity contribution in [2.45, 2.75) is 84.2 Å². The van der Waals surface area contributed by atoms with E-state index >= 15 is 0 Å². The molecule has 2 rings (SSSR count). The summed E-state index contributed by atoms with van der Waals surface area (Å²) in [5.74, 6) is 1.55. The Morgan fingerprint density at radius 2 is 1.65 bits per heavy atom. The minimum atomic E-state index is -0.00666. The van der Waals surface area contributed by atoms with Crippen LogP contribution in [0.5, 0.6) is 0 Å². The van der Waals surface area contributed by atoms with E-state index in [1.165, 1.54) is 64.2 Å². The minimum Gasteiger partial charge on any atom is -0.392 e. The molecular formula is C16H30O. The zero-order valence-electron chi connectivity index (χ0n) is 11.8. The first-order valence-corrected chi connectivity index (χ1v) is 7.90. The Bertz CT molecular complexity index is 222. The number of hydrogen-bond acceptors (Lipinski definition) is 1. The molecule has 0 saturated heterocycles. The van der Waals surface area contributed by atoms with Gasteiger partial charge in [-0.3, -0.25) is 0 Å². The highest BCUT2D eigenvalue weighted by Crippen LogP contribution is 2.48. The molecule has 1 N–H and O–H groups in total. The molecule has 2 fully saturated rings. The second-order valence-electron chi connectivity index (χ2n) is 6.56. The summed E-state index contributed by atoms with van der Waals surface area (Å²) in [7, 11) is 0. The van der Waals surface area contributed by atoms with Gasteiger partial charge in [0.25, 0.3) is 0 Å². The fraction of sp³-hybridized carbons (Fsp3) is 1.00. The third-order valence-electron chi connectivity index (χ3n) is 5.85. The van der Waals surface area contributed by atoms with Gasteiger partial charge in [-0.05, 0) is 49.4 Å². The minimum absolute atomic E-state index is 0.00666. The first-order chi connectivity index (χ1) is 8.22. The van der Waals surface area contributed by atoms with Crippen molar-refractivity contribution in [3.8, 4) is 0 Å². The standard InChI is InChI=1S/C16H30O/c1-3-13-7-9-14(10-8-13)15(17)16(4-2)11-5-6-12-16/h13-15,17H,3-12H2,1-2H3. The molecule has 100 valence electrons. The van der Waals surface area contributed by atoms with E-state index in [2.05, 4.69) is 13.8 Å². The highest BCUT2D eigenvalue weighted by atomic mass is 16.3. The maximum absolute atomic E-state index is 10.8. The van der Waals surface area contributed by atoms with E-state index in [0.29, 0.717) is 11.3 Å². The predicted molar refractivity (Wildman–Crippen MR) is 72.9 cm³/mol. The van der Waals surface area contributed by atoms with E-state index in [1.54, 1.807) is 0 Å². The van der Waals surface area contributed by atoms with Gasteiger partial charge in [-0.2, -0.15) is 0 Å². The molecule has 0 heterocycles. The van der Waals surface area contributed by atoms with Gasteiger partial charge in [-0.1, -0.05) is 46.0 Å². The van der Waals surface area contributed by atoms with Crippen LogP contribution >= 0.6 is 0 Å². The molecule has 0 aromatic rings.